The lowest BCUT2D eigenvalue weighted by atomic mass is 10.2. The highest BCUT2D eigenvalue weighted by Crippen LogP contribution is 2.31. The second-order valence-electron chi connectivity index (χ2n) is 4.04. The quantitative estimate of drug-likeness (QED) is 0.866. The lowest BCUT2D eigenvalue weighted by molar-refractivity contribution is 0.0697. The van der Waals surface area contributed by atoms with Gasteiger partial charge in [0.15, 0.2) is 0 Å². The van der Waals surface area contributed by atoms with Gasteiger partial charge in [0.25, 0.3) is 0 Å². The Kier molecular flexibility index (Phi) is 4.66. The topological polar surface area (TPSA) is 37.3 Å². The molecule has 0 aliphatic rings. The summed E-state index contributed by atoms with van der Waals surface area (Å²) in [6.07, 6.45) is 0.999. The minimum Gasteiger partial charge on any atom is -0.478 e. The third-order valence-corrected chi connectivity index (χ3v) is 4.48. The normalized spacial score (nSPS) is 10.4. The highest BCUT2D eigenvalue weighted by Gasteiger charge is 2.04. The fraction of sp³-hybridized carbons (Fsp3) is 0.133. The van der Waals surface area contributed by atoms with E-state index < -0.39 is 5.97 Å². The first-order chi connectivity index (χ1) is 9.10. The summed E-state index contributed by atoms with van der Waals surface area (Å²) in [7, 11) is 0. The summed E-state index contributed by atoms with van der Waals surface area (Å²) in [6.45, 7) is 2.12. The molecule has 2 aromatic carbocycles. The smallest absolute Gasteiger partial charge is 0.335 e. The average molecular weight is 337 g/mol. The van der Waals surface area contributed by atoms with Crippen molar-refractivity contribution in [1.82, 2.24) is 0 Å². The summed E-state index contributed by atoms with van der Waals surface area (Å²) >= 11 is 5.18. The minimum absolute atomic E-state index is 0.312. The van der Waals surface area contributed by atoms with Gasteiger partial charge in [-0.1, -0.05) is 40.7 Å². The number of carbonyl (C=O) groups is 1. The van der Waals surface area contributed by atoms with Crippen LogP contribution < -0.4 is 0 Å². The molecule has 2 aromatic rings. The Morgan fingerprint density at radius 1 is 1.16 bits per heavy atom. The molecule has 19 heavy (non-hydrogen) atoms. The van der Waals surface area contributed by atoms with Gasteiger partial charge in [-0.3, -0.25) is 0 Å². The van der Waals surface area contributed by atoms with Gasteiger partial charge in [0.2, 0.25) is 0 Å². The number of halogens is 1. The van der Waals surface area contributed by atoms with Gasteiger partial charge >= 0.3 is 5.97 Å². The van der Waals surface area contributed by atoms with E-state index in [0.717, 1.165) is 20.7 Å². The molecule has 98 valence electrons. The summed E-state index contributed by atoms with van der Waals surface area (Å²) in [5, 5.41) is 8.85. The number of benzene rings is 2. The van der Waals surface area contributed by atoms with Crippen molar-refractivity contribution in [2.75, 3.05) is 0 Å². The van der Waals surface area contributed by atoms with Gasteiger partial charge in [0.1, 0.15) is 0 Å². The van der Waals surface area contributed by atoms with Crippen molar-refractivity contribution in [2.24, 2.45) is 0 Å². The van der Waals surface area contributed by atoms with E-state index in [9.17, 15) is 4.79 Å². The van der Waals surface area contributed by atoms with Crippen LogP contribution in [0.25, 0.3) is 0 Å². The van der Waals surface area contributed by atoms with Crippen LogP contribution in [0.1, 0.15) is 22.8 Å². The van der Waals surface area contributed by atoms with Crippen LogP contribution in [0.4, 0.5) is 0 Å². The molecule has 0 bridgehead atoms. The first kappa shape index (κ1) is 14.2. The Morgan fingerprint density at radius 3 is 2.32 bits per heavy atom. The molecule has 0 saturated heterocycles. The van der Waals surface area contributed by atoms with Gasteiger partial charge in [-0.25, -0.2) is 4.79 Å². The van der Waals surface area contributed by atoms with Crippen LogP contribution in [0.3, 0.4) is 0 Å². The van der Waals surface area contributed by atoms with E-state index in [4.69, 9.17) is 5.11 Å². The van der Waals surface area contributed by atoms with Crippen LogP contribution in [0.15, 0.2) is 56.7 Å². The zero-order valence-electron chi connectivity index (χ0n) is 10.4. The molecular formula is C15H13BrO2S. The molecule has 2 nitrogen and oxygen atoms in total. The Hall–Kier alpha value is -1.26. The molecule has 2 rings (SSSR count). The Labute approximate surface area is 125 Å². The number of hydrogen-bond donors (Lipinski definition) is 1. The molecule has 0 aromatic heterocycles. The highest BCUT2D eigenvalue weighted by atomic mass is 79.9. The third kappa shape index (κ3) is 3.61. The fourth-order valence-electron chi connectivity index (χ4n) is 1.68. The monoisotopic (exact) mass is 336 g/mol. The van der Waals surface area contributed by atoms with Crippen molar-refractivity contribution < 1.29 is 9.90 Å². The van der Waals surface area contributed by atoms with E-state index in [2.05, 4.69) is 41.1 Å². The maximum Gasteiger partial charge on any atom is 0.335 e. The fourth-order valence-corrected chi connectivity index (χ4v) is 3.35. The standard InChI is InChI=1S/C15H13BrO2S/c1-2-10-3-8-13(9-14(10)16)19-12-6-4-11(5-7-12)15(17)18/h3-9H,2H2,1H3,(H,17,18). The molecule has 0 radical (unpaired) electrons. The van der Waals surface area contributed by atoms with Gasteiger partial charge in [-0.2, -0.15) is 0 Å². The van der Waals surface area contributed by atoms with E-state index in [-0.39, 0.29) is 0 Å². The van der Waals surface area contributed by atoms with E-state index >= 15 is 0 Å². The predicted octanol–water partition coefficient (Wildman–Crippen LogP) is 4.86. The zero-order valence-corrected chi connectivity index (χ0v) is 12.8. The Balaban J connectivity index is 2.16. The molecule has 0 aliphatic heterocycles. The molecule has 4 heteroatoms. The first-order valence-electron chi connectivity index (χ1n) is 5.90. The number of aromatic carboxylic acids is 1. The van der Waals surface area contributed by atoms with E-state index in [0.29, 0.717) is 5.56 Å². The van der Waals surface area contributed by atoms with Crippen LogP contribution in [0.2, 0.25) is 0 Å². The largest absolute Gasteiger partial charge is 0.478 e. The highest BCUT2D eigenvalue weighted by molar-refractivity contribution is 9.10. The van der Waals surface area contributed by atoms with Crippen LogP contribution in [0.5, 0.6) is 0 Å². The number of hydrogen-bond acceptors (Lipinski definition) is 2. The second kappa shape index (κ2) is 6.26. The Morgan fingerprint density at radius 2 is 1.79 bits per heavy atom. The Bertz CT molecular complexity index is 594. The molecule has 0 fully saturated rings. The average Bonchev–Trinajstić information content (AvgIpc) is 2.39. The zero-order chi connectivity index (χ0) is 13.8. The van der Waals surface area contributed by atoms with Gasteiger partial charge in [0, 0.05) is 14.3 Å². The van der Waals surface area contributed by atoms with E-state index in [1.165, 1.54) is 5.56 Å². The summed E-state index contributed by atoms with van der Waals surface area (Å²) in [4.78, 5) is 12.9. The number of carboxylic acid groups (broad SMARTS) is 1. The summed E-state index contributed by atoms with van der Waals surface area (Å²) in [5.74, 6) is -0.897. The third-order valence-electron chi connectivity index (χ3n) is 2.74. The van der Waals surface area contributed by atoms with Crippen molar-refractivity contribution in [1.29, 1.82) is 0 Å². The predicted molar refractivity (Wildman–Crippen MR) is 81.0 cm³/mol. The molecule has 0 heterocycles. The van der Waals surface area contributed by atoms with Crippen LogP contribution in [-0.2, 0) is 6.42 Å². The molecule has 1 N–H and O–H groups in total. The number of rotatable bonds is 4. The molecular weight excluding hydrogens is 324 g/mol. The van der Waals surface area contributed by atoms with Gasteiger partial charge in [-0.05, 0) is 48.4 Å². The SMILES string of the molecule is CCc1ccc(Sc2ccc(C(=O)O)cc2)cc1Br. The lowest BCUT2D eigenvalue weighted by Gasteiger charge is -2.06. The summed E-state index contributed by atoms with van der Waals surface area (Å²) in [5.41, 5.74) is 1.59. The molecule has 0 saturated carbocycles. The maximum atomic E-state index is 10.8. The molecule has 0 atom stereocenters. The van der Waals surface area contributed by atoms with Gasteiger partial charge in [-0.15, -0.1) is 0 Å². The second-order valence-corrected chi connectivity index (χ2v) is 6.04. The molecule has 0 unspecified atom stereocenters. The van der Waals surface area contributed by atoms with Gasteiger partial charge in [0.05, 0.1) is 5.56 Å². The van der Waals surface area contributed by atoms with Crippen molar-refractivity contribution in [2.45, 2.75) is 23.1 Å². The van der Waals surface area contributed by atoms with E-state index in [1.54, 1.807) is 23.9 Å². The lowest BCUT2D eigenvalue weighted by Crippen LogP contribution is -1.94. The van der Waals surface area contributed by atoms with E-state index in [1.807, 2.05) is 12.1 Å². The number of carboxylic acids is 1. The summed E-state index contributed by atoms with van der Waals surface area (Å²) in [6, 6.07) is 13.2. The van der Waals surface area contributed by atoms with Crippen LogP contribution >= 0.6 is 27.7 Å². The van der Waals surface area contributed by atoms with Crippen molar-refractivity contribution in [3.05, 3.63) is 58.1 Å². The minimum atomic E-state index is -0.897. The first-order valence-corrected chi connectivity index (χ1v) is 7.50. The van der Waals surface area contributed by atoms with Crippen molar-refractivity contribution in [3.8, 4) is 0 Å². The van der Waals surface area contributed by atoms with Crippen LogP contribution in [0, 0.1) is 0 Å². The van der Waals surface area contributed by atoms with Crippen LogP contribution in [-0.4, -0.2) is 11.1 Å². The maximum absolute atomic E-state index is 10.8. The summed E-state index contributed by atoms with van der Waals surface area (Å²) < 4.78 is 1.11. The van der Waals surface area contributed by atoms with Crippen molar-refractivity contribution in [3.63, 3.8) is 0 Å². The molecule has 0 spiro atoms. The number of aryl methyl sites for hydroxylation is 1. The van der Waals surface area contributed by atoms with Gasteiger partial charge < -0.3 is 5.11 Å². The van der Waals surface area contributed by atoms with Crippen molar-refractivity contribution >= 4 is 33.7 Å². The molecule has 0 amide bonds. The molecule has 0 aliphatic carbocycles.